The summed E-state index contributed by atoms with van der Waals surface area (Å²) in [7, 11) is -2.33. The third kappa shape index (κ3) is 6.01. The van der Waals surface area contributed by atoms with E-state index in [2.05, 4.69) is 15.7 Å². The van der Waals surface area contributed by atoms with Gasteiger partial charge >= 0.3 is 16.1 Å². The first-order chi connectivity index (χ1) is 11.1. The zero-order chi connectivity index (χ0) is 18.3. The van der Waals surface area contributed by atoms with E-state index in [1.165, 1.54) is 19.2 Å². The van der Waals surface area contributed by atoms with Crippen LogP contribution in [0.4, 0.5) is 0 Å². The maximum absolute atomic E-state index is 11.7. The minimum Gasteiger partial charge on any atom is -0.495 e. The van der Waals surface area contributed by atoms with Crippen molar-refractivity contribution in [1.82, 2.24) is 4.57 Å². The van der Waals surface area contributed by atoms with Crippen LogP contribution in [-0.2, 0) is 14.3 Å². The van der Waals surface area contributed by atoms with Gasteiger partial charge in [-0.05, 0) is 30.3 Å². The van der Waals surface area contributed by atoms with Crippen molar-refractivity contribution in [2.75, 3.05) is 13.4 Å². The summed E-state index contributed by atoms with van der Waals surface area (Å²) in [5.74, 6) is -0.708. The highest BCUT2D eigenvalue weighted by Crippen LogP contribution is 2.24. The van der Waals surface area contributed by atoms with Gasteiger partial charge in [-0.2, -0.15) is 8.42 Å². The Morgan fingerprint density at radius 3 is 2.21 bits per heavy atom. The van der Waals surface area contributed by atoms with E-state index in [1.54, 1.807) is 23.0 Å². The maximum atomic E-state index is 11.7. The molecular weight excluding hydrogens is 336 g/mol. The van der Waals surface area contributed by atoms with E-state index in [1.807, 2.05) is 12.1 Å². The molecule has 1 aromatic carbocycles. The monoisotopic (exact) mass is 354 g/mol. The number of aromatic nitrogens is 1. The smallest absolute Gasteiger partial charge is 0.353 e. The molecule has 0 fully saturated rings. The van der Waals surface area contributed by atoms with Crippen LogP contribution >= 0.6 is 0 Å². The second-order valence-electron chi connectivity index (χ2n) is 4.51. The Balaban J connectivity index is 0.000000648. The molecule has 1 heterocycles. The summed E-state index contributed by atoms with van der Waals surface area (Å²) >= 11 is 0. The first-order valence-corrected chi connectivity index (χ1v) is 8.30. The lowest BCUT2D eigenvalue weighted by Gasteiger charge is -2.11. The third-order valence-corrected chi connectivity index (χ3v) is 2.98. The molecule has 0 bridgehead atoms. The van der Waals surface area contributed by atoms with E-state index in [0.29, 0.717) is 11.4 Å². The highest BCUT2D eigenvalue weighted by atomic mass is 32.2. The summed E-state index contributed by atoms with van der Waals surface area (Å²) in [5.41, 5.74) is 9.68. The molecule has 0 atom stereocenters. The summed E-state index contributed by atoms with van der Waals surface area (Å²) in [4.78, 5) is 11.7. The Morgan fingerprint density at radius 1 is 1.21 bits per heavy atom. The first-order valence-electron chi connectivity index (χ1n) is 6.48. The van der Waals surface area contributed by atoms with Crippen LogP contribution in [0.15, 0.2) is 42.7 Å². The molecule has 2 rings (SSSR count). The van der Waals surface area contributed by atoms with Crippen molar-refractivity contribution in [3.05, 3.63) is 48.3 Å². The minimum atomic E-state index is -3.84. The fourth-order valence-corrected chi connectivity index (χ4v) is 2.07. The predicted octanol–water partition coefficient (Wildman–Crippen LogP) is 0.441. The normalized spacial score (nSPS) is 10.2. The van der Waals surface area contributed by atoms with Gasteiger partial charge in [0, 0.05) is 12.4 Å². The standard InChI is InChI=1S/C13H13NO5S.CH5N3/c1-18-12-6-5-10(13(15)19-20(2,16)17)9-11(12)14-7-3-4-8-14;2-1(3)4/h3-9H,1-2H3;(H5,2,3,4). The van der Waals surface area contributed by atoms with Crippen molar-refractivity contribution in [2.24, 2.45) is 11.5 Å². The van der Waals surface area contributed by atoms with Crippen LogP contribution in [0.3, 0.4) is 0 Å². The summed E-state index contributed by atoms with van der Waals surface area (Å²) in [5, 5.41) is 6.06. The lowest BCUT2D eigenvalue weighted by atomic mass is 10.2. The highest BCUT2D eigenvalue weighted by Gasteiger charge is 2.16. The summed E-state index contributed by atoms with van der Waals surface area (Å²) in [6, 6.07) is 8.17. The molecule has 5 N–H and O–H groups in total. The fraction of sp³-hybridized carbons (Fsp3) is 0.143. The molecule has 9 nitrogen and oxygen atoms in total. The van der Waals surface area contributed by atoms with Gasteiger partial charge in [0.15, 0.2) is 5.96 Å². The van der Waals surface area contributed by atoms with Gasteiger partial charge in [0.25, 0.3) is 0 Å². The number of benzene rings is 1. The number of nitrogens with one attached hydrogen (secondary N) is 1. The number of nitrogens with two attached hydrogens (primary N) is 2. The van der Waals surface area contributed by atoms with E-state index in [4.69, 9.17) is 10.1 Å². The molecule has 0 amide bonds. The molecule has 0 saturated heterocycles. The topological polar surface area (TPSA) is 150 Å². The van der Waals surface area contributed by atoms with Crippen LogP contribution in [0.1, 0.15) is 10.4 Å². The van der Waals surface area contributed by atoms with Gasteiger partial charge in [-0.15, -0.1) is 0 Å². The van der Waals surface area contributed by atoms with Crippen molar-refractivity contribution in [2.45, 2.75) is 0 Å². The number of hydrogen-bond acceptors (Lipinski definition) is 6. The van der Waals surface area contributed by atoms with Crippen LogP contribution in [0.2, 0.25) is 0 Å². The molecule has 0 aliphatic rings. The number of carbonyl (C=O) groups excluding carboxylic acids is 1. The van der Waals surface area contributed by atoms with Crippen molar-refractivity contribution in [3.8, 4) is 11.4 Å². The second-order valence-corrected chi connectivity index (χ2v) is 6.08. The fourth-order valence-electron chi connectivity index (χ4n) is 1.70. The largest absolute Gasteiger partial charge is 0.495 e. The molecule has 1 aromatic heterocycles. The van der Waals surface area contributed by atoms with Gasteiger partial charge in [0.2, 0.25) is 0 Å². The Morgan fingerprint density at radius 2 is 1.75 bits per heavy atom. The van der Waals surface area contributed by atoms with Gasteiger partial charge in [-0.25, -0.2) is 4.79 Å². The van der Waals surface area contributed by atoms with E-state index >= 15 is 0 Å². The minimum absolute atomic E-state index is 0.125. The lowest BCUT2D eigenvalue weighted by molar-refractivity contribution is 0.0748. The molecule has 0 unspecified atom stereocenters. The summed E-state index contributed by atoms with van der Waals surface area (Å²) in [6.07, 6.45) is 4.38. The van der Waals surface area contributed by atoms with Crippen LogP contribution in [0, 0.1) is 5.41 Å². The van der Waals surface area contributed by atoms with Crippen molar-refractivity contribution in [1.29, 1.82) is 5.41 Å². The molecule has 2 aromatic rings. The van der Waals surface area contributed by atoms with Gasteiger partial charge in [0.1, 0.15) is 5.75 Å². The zero-order valence-electron chi connectivity index (χ0n) is 13.1. The number of guanidine groups is 1. The SMILES string of the molecule is COc1ccc(C(=O)OS(C)(=O)=O)cc1-n1cccc1.N=C(N)N. The molecule has 0 spiro atoms. The van der Waals surface area contributed by atoms with Gasteiger partial charge in [-0.3, -0.25) is 5.41 Å². The second kappa shape index (κ2) is 8.02. The van der Waals surface area contributed by atoms with E-state index in [0.717, 1.165) is 6.26 Å². The highest BCUT2D eigenvalue weighted by molar-refractivity contribution is 7.86. The Hall–Kier alpha value is -3.01. The molecule has 0 aliphatic carbocycles. The van der Waals surface area contributed by atoms with Gasteiger partial charge in [0.05, 0.1) is 24.6 Å². The molecular formula is C14H18N4O5S. The van der Waals surface area contributed by atoms with Crippen LogP contribution in [-0.4, -0.2) is 38.3 Å². The Labute approximate surface area is 139 Å². The number of methoxy groups -OCH3 is 1. The van der Waals surface area contributed by atoms with Crippen LogP contribution in [0.25, 0.3) is 5.69 Å². The van der Waals surface area contributed by atoms with E-state index in [-0.39, 0.29) is 11.5 Å². The molecule has 0 aliphatic heterocycles. The van der Waals surface area contributed by atoms with Crippen LogP contribution in [0.5, 0.6) is 5.75 Å². The summed E-state index contributed by atoms with van der Waals surface area (Å²) < 4.78 is 33.3. The Kier molecular flexibility index (Phi) is 6.36. The quantitative estimate of drug-likeness (QED) is 0.409. The average molecular weight is 354 g/mol. The van der Waals surface area contributed by atoms with Crippen molar-refractivity contribution < 1.29 is 22.1 Å². The van der Waals surface area contributed by atoms with E-state index in [9.17, 15) is 13.2 Å². The number of rotatable bonds is 4. The average Bonchev–Trinajstić information content (AvgIpc) is 2.98. The third-order valence-electron chi connectivity index (χ3n) is 2.52. The number of nitrogens with zero attached hydrogens (tertiary/aromatic N) is 1. The van der Waals surface area contributed by atoms with Gasteiger partial charge in [-0.1, -0.05) is 0 Å². The van der Waals surface area contributed by atoms with E-state index < -0.39 is 16.1 Å². The van der Waals surface area contributed by atoms with Crippen molar-refractivity contribution >= 4 is 22.0 Å². The predicted molar refractivity (Wildman–Crippen MR) is 88.7 cm³/mol. The number of hydrogen-bond donors (Lipinski definition) is 3. The summed E-state index contributed by atoms with van der Waals surface area (Å²) in [6.45, 7) is 0. The molecule has 24 heavy (non-hydrogen) atoms. The van der Waals surface area contributed by atoms with Gasteiger partial charge < -0.3 is 25.0 Å². The number of carbonyl (C=O) groups is 1. The number of ether oxygens (including phenoxy) is 1. The molecule has 130 valence electrons. The maximum Gasteiger partial charge on any atom is 0.353 e. The lowest BCUT2D eigenvalue weighted by Crippen LogP contribution is -2.20. The Bertz CT molecular complexity index is 812. The first kappa shape index (κ1) is 19.0. The molecule has 0 saturated carbocycles. The molecule has 10 heteroatoms. The van der Waals surface area contributed by atoms with Crippen molar-refractivity contribution in [3.63, 3.8) is 0 Å². The van der Waals surface area contributed by atoms with Crippen LogP contribution < -0.4 is 16.2 Å². The molecule has 0 radical (unpaired) electrons. The zero-order valence-corrected chi connectivity index (χ0v) is 13.9.